The van der Waals surface area contributed by atoms with Gasteiger partial charge in [0.2, 0.25) is 5.91 Å². The highest BCUT2D eigenvalue weighted by Crippen LogP contribution is 2.39. The van der Waals surface area contributed by atoms with Crippen molar-refractivity contribution in [1.29, 1.82) is 0 Å². The molecule has 8 heteroatoms. The van der Waals surface area contributed by atoms with Crippen molar-refractivity contribution in [2.45, 2.75) is 44.4 Å². The Hall–Kier alpha value is -3.81. The normalized spacial score (nSPS) is 14.5. The summed E-state index contributed by atoms with van der Waals surface area (Å²) >= 11 is 0. The predicted molar refractivity (Wildman–Crippen MR) is 137 cm³/mol. The highest BCUT2D eigenvalue weighted by atomic mass is 16.5. The molecule has 190 valence electrons. The molecule has 4 rings (SSSR count). The van der Waals surface area contributed by atoms with Crippen LogP contribution in [0.3, 0.4) is 0 Å². The molecule has 0 spiro atoms. The first kappa shape index (κ1) is 25.3. The second-order valence-electron chi connectivity index (χ2n) is 9.37. The number of carbonyl (C=O) groups excluding carboxylic acids is 3. The fourth-order valence-electron chi connectivity index (χ4n) is 5.13. The van der Waals surface area contributed by atoms with Gasteiger partial charge in [-0.2, -0.15) is 0 Å². The highest BCUT2D eigenvalue weighted by Gasteiger charge is 2.24. The molecule has 0 aliphatic heterocycles. The third kappa shape index (κ3) is 5.53. The lowest BCUT2D eigenvalue weighted by Gasteiger charge is -2.20. The van der Waals surface area contributed by atoms with Crippen molar-refractivity contribution < 1.29 is 23.9 Å². The van der Waals surface area contributed by atoms with Crippen LogP contribution in [0.2, 0.25) is 0 Å². The fourth-order valence-corrected chi connectivity index (χ4v) is 5.13. The Labute approximate surface area is 210 Å². The lowest BCUT2D eigenvalue weighted by Crippen LogP contribution is -2.28. The molecule has 1 atom stereocenters. The molecular formula is C28H33N3O5. The minimum atomic E-state index is -0.464. The molecular weight excluding hydrogens is 458 g/mol. The van der Waals surface area contributed by atoms with E-state index in [1.54, 1.807) is 12.1 Å². The van der Waals surface area contributed by atoms with Crippen molar-refractivity contribution in [1.82, 2.24) is 10.3 Å². The fraction of sp³-hybridized carbons (Fsp3) is 0.393. The first-order chi connectivity index (χ1) is 17.4. The monoisotopic (exact) mass is 491 g/mol. The number of carbonyl (C=O) groups is 3. The van der Waals surface area contributed by atoms with Crippen LogP contribution in [0.1, 0.15) is 76.3 Å². The maximum atomic E-state index is 12.9. The number of fused-ring (bicyclic) bond motifs is 1. The number of methoxy groups -OCH3 is 2. The first-order valence-corrected chi connectivity index (χ1v) is 12.3. The summed E-state index contributed by atoms with van der Waals surface area (Å²) < 4.78 is 10.5. The molecule has 0 radical (unpaired) electrons. The molecule has 2 aromatic carbocycles. The Morgan fingerprint density at radius 1 is 1.06 bits per heavy atom. The summed E-state index contributed by atoms with van der Waals surface area (Å²) in [4.78, 5) is 39.9. The highest BCUT2D eigenvalue weighted by molar-refractivity contribution is 5.99. The number of rotatable bonds is 10. The van der Waals surface area contributed by atoms with E-state index < -0.39 is 11.9 Å². The van der Waals surface area contributed by atoms with Gasteiger partial charge in [-0.3, -0.25) is 9.59 Å². The van der Waals surface area contributed by atoms with Crippen molar-refractivity contribution in [3.05, 3.63) is 64.8 Å². The standard InChI is InChI=1S/C28H33N3O5/c1-35-25-14-19(28(34)36-2)7-9-21(25)20(10-12-26(29)32)23-16-30-24-11-8-18(13-22(23)24)27(33)31-15-17-5-3-4-6-17/h7-9,11,13-14,16-17,20,30H,3-6,10,12,15H2,1-2H3,(H2,29,32)(H,31,33). The van der Waals surface area contributed by atoms with E-state index >= 15 is 0 Å². The first-order valence-electron chi connectivity index (χ1n) is 12.3. The third-order valence-corrected chi connectivity index (χ3v) is 7.09. The van der Waals surface area contributed by atoms with Gasteiger partial charge in [0.05, 0.1) is 19.8 Å². The predicted octanol–water partition coefficient (Wildman–Crippen LogP) is 4.28. The van der Waals surface area contributed by atoms with Crippen LogP contribution in [-0.2, 0) is 9.53 Å². The van der Waals surface area contributed by atoms with Gasteiger partial charge in [0.25, 0.3) is 5.91 Å². The van der Waals surface area contributed by atoms with E-state index in [-0.39, 0.29) is 18.2 Å². The van der Waals surface area contributed by atoms with Crippen molar-refractivity contribution in [3.63, 3.8) is 0 Å². The molecule has 36 heavy (non-hydrogen) atoms. The summed E-state index contributed by atoms with van der Waals surface area (Å²) in [7, 11) is 2.86. The number of nitrogens with one attached hydrogen (secondary N) is 2. The van der Waals surface area contributed by atoms with Crippen molar-refractivity contribution in [3.8, 4) is 5.75 Å². The SMILES string of the molecule is COC(=O)c1ccc(C(CCC(N)=O)c2c[nH]c3ccc(C(=O)NCC4CCCC4)cc23)c(OC)c1. The summed E-state index contributed by atoms with van der Waals surface area (Å²) in [6.07, 6.45) is 7.30. The third-order valence-electron chi connectivity index (χ3n) is 7.09. The van der Waals surface area contributed by atoms with E-state index in [0.29, 0.717) is 35.8 Å². The van der Waals surface area contributed by atoms with Gasteiger partial charge in [0, 0.05) is 47.1 Å². The van der Waals surface area contributed by atoms with Gasteiger partial charge < -0.3 is 25.5 Å². The molecule has 8 nitrogen and oxygen atoms in total. The van der Waals surface area contributed by atoms with Gasteiger partial charge in [0.15, 0.2) is 0 Å². The zero-order valence-corrected chi connectivity index (χ0v) is 20.8. The Morgan fingerprint density at radius 2 is 1.81 bits per heavy atom. The smallest absolute Gasteiger partial charge is 0.337 e. The molecule has 1 saturated carbocycles. The summed E-state index contributed by atoms with van der Waals surface area (Å²) in [6, 6.07) is 10.7. The molecule has 0 bridgehead atoms. The molecule has 3 aromatic rings. The minimum Gasteiger partial charge on any atom is -0.496 e. The average Bonchev–Trinajstić information content (AvgIpc) is 3.57. The molecule has 1 aliphatic rings. The number of hydrogen-bond donors (Lipinski definition) is 3. The topological polar surface area (TPSA) is 124 Å². The Morgan fingerprint density at radius 3 is 2.50 bits per heavy atom. The molecule has 1 heterocycles. The zero-order valence-electron chi connectivity index (χ0n) is 20.8. The number of aromatic nitrogens is 1. The quantitative estimate of drug-likeness (QED) is 0.365. The van der Waals surface area contributed by atoms with Gasteiger partial charge in [-0.05, 0) is 61.1 Å². The Balaban J connectivity index is 1.69. The van der Waals surface area contributed by atoms with E-state index in [4.69, 9.17) is 15.2 Å². The maximum Gasteiger partial charge on any atom is 0.337 e. The minimum absolute atomic E-state index is 0.0929. The lowest BCUT2D eigenvalue weighted by atomic mass is 9.85. The van der Waals surface area contributed by atoms with Crippen LogP contribution < -0.4 is 15.8 Å². The number of amides is 2. The summed E-state index contributed by atoms with van der Waals surface area (Å²) in [6.45, 7) is 0.696. The number of benzene rings is 2. The van der Waals surface area contributed by atoms with E-state index in [9.17, 15) is 14.4 Å². The number of ether oxygens (including phenoxy) is 2. The molecule has 0 saturated heterocycles. The van der Waals surface area contributed by atoms with Gasteiger partial charge >= 0.3 is 5.97 Å². The van der Waals surface area contributed by atoms with Crippen molar-refractivity contribution >= 4 is 28.7 Å². The average molecular weight is 492 g/mol. The Kier molecular flexibility index (Phi) is 7.93. The van der Waals surface area contributed by atoms with Crippen LogP contribution in [0.5, 0.6) is 5.75 Å². The van der Waals surface area contributed by atoms with Gasteiger partial charge in [-0.15, -0.1) is 0 Å². The number of aromatic amines is 1. The maximum absolute atomic E-state index is 12.9. The zero-order chi connectivity index (χ0) is 25.7. The molecule has 1 aromatic heterocycles. The molecule has 1 unspecified atom stereocenters. The van der Waals surface area contributed by atoms with Crippen LogP contribution in [0.15, 0.2) is 42.6 Å². The van der Waals surface area contributed by atoms with Gasteiger partial charge in [0.1, 0.15) is 5.75 Å². The number of esters is 1. The van der Waals surface area contributed by atoms with Crippen LogP contribution >= 0.6 is 0 Å². The second kappa shape index (κ2) is 11.3. The van der Waals surface area contributed by atoms with Crippen LogP contribution in [-0.4, -0.2) is 43.5 Å². The van der Waals surface area contributed by atoms with Gasteiger partial charge in [-0.1, -0.05) is 18.9 Å². The van der Waals surface area contributed by atoms with E-state index in [0.717, 1.165) is 22.0 Å². The molecule has 1 fully saturated rings. The summed E-state index contributed by atoms with van der Waals surface area (Å²) in [5.74, 6) is -0.161. The van der Waals surface area contributed by atoms with E-state index in [1.807, 2.05) is 30.5 Å². The van der Waals surface area contributed by atoms with Crippen LogP contribution in [0, 0.1) is 5.92 Å². The van der Waals surface area contributed by atoms with Crippen molar-refractivity contribution in [2.24, 2.45) is 11.7 Å². The van der Waals surface area contributed by atoms with Crippen LogP contribution in [0.25, 0.3) is 10.9 Å². The Bertz CT molecular complexity index is 1260. The van der Waals surface area contributed by atoms with E-state index in [2.05, 4.69) is 10.3 Å². The summed E-state index contributed by atoms with van der Waals surface area (Å²) in [5.41, 5.74) is 9.05. The number of primary amides is 1. The van der Waals surface area contributed by atoms with Crippen LogP contribution in [0.4, 0.5) is 0 Å². The summed E-state index contributed by atoms with van der Waals surface area (Å²) in [5, 5.41) is 3.97. The lowest BCUT2D eigenvalue weighted by molar-refractivity contribution is -0.118. The van der Waals surface area contributed by atoms with Crippen molar-refractivity contribution in [2.75, 3.05) is 20.8 Å². The van der Waals surface area contributed by atoms with E-state index in [1.165, 1.54) is 39.9 Å². The molecule has 4 N–H and O–H groups in total. The van der Waals surface area contributed by atoms with Gasteiger partial charge in [-0.25, -0.2) is 4.79 Å². The second-order valence-corrected chi connectivity index (χ2v) is 9.37. The largest absolute Gasteiger partial charge is 0.496 e. The number of hydrogen-bond acceptors (Lipinski definition) is 5. The molecule has 2 amide bonds. The number of H-pyrrole nitrogens is 1. The molecule has 1 aliphatic carbocycles. The number of nitrogens with two attached hydrogens (primary N) is 1.